The standard InChI is InChI=1S/C14H15F3N2O3/c1-7-5-9(8(2)20)3-4-10(7)14(22)18-6-11(21)19-13(17)12(15)16/h3-5,12-13H,6H2,1-2H3,(H,18,22)(H,19,21). The first-order valence-electron chi connectivity index (χ1n) is 6.33. The highest BCUT2D eigenvalue weighted by molar-refractivity contribution is 6.00. The van der Waals surface area contributed by atoms with Crippen molar-refractivity contribution < 1.29 is 27.6 Å². The molecule has 1 atom stereocenters. The van der Waals surface area contributed by atoms with Gasteiger partial charge in [-0.05, 0) is 31.5 Å². The second-order valence-corrected chi connectivity index (χ2v) is 4.57. The Morgan fingerprint density at radius 2 is 1.82 bits per heavy atom. The lowest BCUT2D eigenvalue weighted by atomic mass is 10.0. The number of rotatable bonds is 6. The summed E-state index contributed by atoms with van der Waals surface area (Å²) in [6.45, 7) is 2.35. The summed E-state index contributed by atoms with van der Waals surface area (Å²) >= 11 is 0. The summed E-state index contributed by atoms with van der Waals surface area (Å²) in [5.74, 6) is -1.86. The molecule has 5 nitrogen and oxygen atoms in total. The fourth-order valence-electron chi connectivity index (χ4n) is 1.66. The number of aryl methyl sites for hydroxylation is 1. The number of alkyl halides is 3. The molecule has 0 spiro atoms. The molecule has 0 saturated heterocycles. The summed E-state index contributed by atoms with van der Waals surface area (Å²) in [4.78, 5) is 34.2. The van der Waals surface area contributed by atoms with Crippen LogP contribution in [0.2, 0.25) is 0 Å². The minimum atomic E-state index is -3.33. The van der Waals surface area contributed by atoms with E-state index in [1.165, 1.54) is 30.4 Å². The molecule has 1 rings (SSSR count). The van der Waals surface area contributed by atoms with Crippen molar-refractivity contribution in [3.05, 3.63) is 34.9 Å². The Morgan fingerprint density at radius 1 is 1.18 bits per heavy atom. The van der Waals surface area contributed by atoms with Crippen molar-refractivity contribution in [2.75, 3.05) is 6.54 Å². The van der Waals surface area contributed by atoms with E-state index in [4.69, 9.17) is 0 Å². The zero-order chi connectivity index (χ0) is 16.9. The first kappa shape index (κ1) is 17.7. The van der Waals surface area contributed by atoms with Crippen molar-refractivity contribution in [3.63, 3.8) is 0 Å². The van der Waals surface area contributed by atoms with Gasteiger partial charge in [0.25, 0.3) is 12.3 Å². The first-order chi connectivity index (χ1) is 10.2. The number of benzene rings is 1. The Kier molecular flexibility index (Phi) is 6.09. The van der Waals surface area contributed by atoms with Crippen molar-refractivity contribution in [1.29, 1.82) is 0 Å². The molecule has 0 aliphatic carbocycles. The molecule has 8 heteroatoms. The van der Waals surface area contributed by atoms with Gasteiger partial charge >= 0.3 is 0 Å². The van der Waals surface area contributed by atoms with Gasteiger partial charge in [0.1, 0.15) is 0 Å². The van der Waals surface area contributed by atoms with Gasteiger partial charge in [0, 0.05) is 11.1 Å². The van der Waals surface area contributed by atoms with E-state index in [0.29, 0.717) is 11.1 Å². The third kappa shape index (κ3) is 4.87. The maximum Gasteiger partial charge on any atom is 0.287 e. The van der Waals surface area contributed by atoms with Crippen LogP contribution in [0.25, 0.3) is 0 Å². The van der Waals surface area contributed by atoms with Crippen molar-refractivity contribution in [2.45, 2.75) is 26.6 Å². The predicted octanol–water partition coefficient (Wildman–Crippen LogP) is 1.60. The number of ketones is 1. The molecule has 22 heavy (non-hydrogen) atoms. The fourth-order valence-corrected chi connectivity index (χ4v) is 1.66. The second-order valence-electron chi connectivity index (χ2n) is 4.57. The second kappa shape index (κ2) is 7.58. The van der Waals surface area contributed by atoms with Crippen LogP contribution in [0.3, 0.4) is 0 Å². The Bertz CT molecular complexity index is 591. The Labute approximate surface area is 124 Å². The normalized spacial score (nSPS) is 11.9. The fraction of sp³-hybridized carbons (Fsp3) is 0.357. The van der Waals surface area contributed by atoms with E-state index in [2.05, 4.69) is 5.32 Å². The SMILES string of the molecule is CC(=O)c1ccc(C(=O)NCC(=O)NC(F)C(F)F)c(C)c1. The van der Waals surface area contributed by atoms with Crippen molar-refractivity contribution in [1.82, 2.24) is 10.6 Å². The number of hydrogen-bond acceptors (Lipinski definition) is 3. The highest BCUT2D eigenvalue weighted by Gasteiger charge is 2.21. The van der Waals surface area contributed by atoms with Crippen LogP contribution in [0.1, 0.15) is 33.2 Å². The van der Waals surface area contributed by atoms with Crippen LogP contribution in [0, 0.1) is 6.92 Å². The third-order valence-corrected chi connectivity index (χ3v) is 2.81. The topological polar surface area (TPSA) is 75.3 Å². The highest BCUT2D eigenvalue weighted by atomic mass is 19.3. The minimum absolute atomic E-state index is 0.157. The molecule has 0 aliphatic heterocycles. The summed E-state index contributed by atoms with van der Waals surface area (Å²) in [5, 5.41) is 3.59. The van der Waals surface area contributed by atoms with Crippen molar-refractivity contribution in [3.8, 4) is 0 Å². The summed E-state index contributed by atoms with van der Waals surface area (Å²) < 4.78 is 36.4. The molecule has 0 bridgehead atoms. The number of carbonyl (C=O) groups excluding carboxylic acids is 3. The van der Waals surface area contributed by atoms with Gasteiger partial charge in [-0.3, -0.25) is 14.4 Å². The molecule has 1 aromatic carbocycles. The zero-order valence-corrected chi connectivity index (χ0v) is 12.0. The largest absolute Gasteiger partial charge is 0.343 e. The van der Waals surface area contributed by atoms with Gasteiger partial charge in [0.2, 0.25) is 12.2 Å². The molecule has 1 unspecified atom stereocenters. The van der Waals surface area contributed by atoms with Gasteiger partial charge in [-0.2, -0.15) is 0 Å². The molecule has 0 heterocycles. The molecule has 0 aromatic heterocycles. The number of Topliss-reactive ketones (excluding diaryl/α,β-unsaturated/α-hetero) is 1. The van der Waals surface area contributed by atoms with Crippen LogP contribution >= 0.6 is 0 Å². The van der Waals surface area contributed by atoms with Crippen LogP contribution in [0.15, 0.2) is 18.2 Å². The van der Waals surface area contributed by atoms with Crippen LogP contribution in [-0.2, 0) is 4.79 Å². The van der Waals surface area contributed by atoms with E-state index in [1.807, 2.05) is 0 Å². The van der Waals surface area contributed by atoms with Gasteiger partial charge < -0.3 is 10.6 Å². The molecule has 2 N–H and O–H groups in total. The monoisotopic (exact) mass is 316 g/mol. The van der Waals surface area contributed by atoms with Crippen molar-refractivity contribution >= 4 is 17.6 Å². The van der Waals surface area contributed by atoms with Gasteiger partial charge in [-0.1, -0.05) is 6.07 Å². The summed E-state index contributed by atoms with van der Waals surface area (Å²) in [6, 6.07) is 4.39. The van der Waals surface area contributed by atoms with Crippen molar-refractivity contribution in [2.24, 2.45) is 0 Å². The van der Waals surface area contributed by atoms with Gasteiger partial charge in [0.15, 0.2) is 5.78 Å². The Hall–Kier alpha value is -2.38. The van der Waals surface area contributed by atoms with Gasteiger partial charge in [-0.25, -0.2) is 13.2 Å². The predicted molar refractivity (Wildman–Crippen MR) is 72.6 cm³/mol. The quantitative estimate of drug-likeness (QED) is 0.618. The molecule has 0 radical (unpaired) electrons. The highest BCUT2D eigenvalue weighted by Crippen LogP contribution is 2.11. The van der Waals surface area contributed by atoms with E-state index < -0.39 is 31.1 Å². The van der Waals surface area contributed by atoms with E-state index >= 15 is 0 Å². The molecule has 2 amide bonds. The lowest BCUT2D eigenvalue weighted by Gasteiger charge is -2.11. The van der Waals surface area contributed by atoms with Gasteiger partial charge in [0.05, 0.1) is 6.54 Å². The average Bonchev–Trinajstić information content (AvgIpc) is 2.44. The number of amides is 2. The number of nitrogens with one attached hydrogen (secondary N) is 2. The Balaban J connectivity index is 2.63. The van der Waals surface area contributed by atoms with Crippen LogP contribution in [0.4, 0.5) is 13.2 Å². The van der Waals surface area contributed by atoms with E-state index in [9.17, 15) is 27.6 Å². The molecule has 0 aliphatic rings. The Morgan fingerprint density at radius 3 is 2.32 bits per heavy atom. The number of carbonyl (C=O) groups is 3. The number of halogens is 3. The van der Waals surface area contributed by atoms with Gasteiger partial charge in [-0.15, -0.1) is 0 Å². The summed E-state index contributed by atoms with van der Waals surface area (Å²) in [6.07, 6.45) is -6.11. The molecule has 120 valence electrons. The first-order valence-corrected chi connectivity index (χ1v) is 6.33. The molecule has 0 fully saturated rings. The van der Waals surface area contributed by atoms with Crippen LogP contribution in [0.5, 0.6) is 0 Å². The molecular weight excluding hydrogens is 301 g/mol. The third-order valence-electron chi connectivity index (χ3n) is 2.81. The maximum absolute atomic E-state index is 12.6. The molecular formula is C14H15F3N2O3. The van der Waals surface area contributed by atoms with E-state index in [-0.39, 0.29) is 11.3 Å². The maximum atomic E-state index is 12.6. The minimum Gasteiger partial charge on any atom is -0.343 e. The molecule has 0 saturated carbocycles. The summed E-state index contributed by atoms with van der Waals surface area (Å²) in [5.41, 5.74) is 1.18. The number of hydrogen-bond donors (Lipinski definition) is 2. The molecule has 1 aromatic rings. The smallest absolute Gasteiger partial charge is 0.287 e. The van der Waals surface area contributed by atoms with Crippen LogP contribution < -0.4 is 10.6 Å². The lowest BCUT2D eigenvalue weighted by molar-refractivity contribution is -0.124. The average molecular weight is 316 g/mol. The summed E-state index contributed by atoms with van der Waals surface area (Å²) in [7, 11) is 0. The zero-order valence-electron chi connectivity index (χ0n) is 12.0. The van der Waals surface area contributed by atoms with E-state index in [1.54, 1.807) is 6.92 Å². The van der Waals surface area contributed by atoms with Crippen LogP contribution in [-0.4, -0.2) is 36.9 Å². The van der Waals surface area contributed by atoms with E-state index in [0.717, 1.165) is 0 Å². The lowest BCUT2D eigenvalue weighted by Crippen LogP contribution is -2.43.